The van der Waals surface area contributed by atoms with Crippen molar-refractivity contribution in [1.29, 1.82) is 5.26 Å². The Bertz CT molecular complexity index is 1260. The van der Waals surface area contributed by atoms with Crippen LogP contribution in [-0.2, 0) is 0 Å². The molecule has 0 saturated heterocycles. The molecule has 2 aromatic carbocycles. The van der Waals surface area contributed by atoms with Crippen LogP contribution in [0.2, 0.25) is 0 Å². The van der Waals surface area contributed by atoms with Crippen molar-refractivity contribution < 1.29 is 0 Å². The highest BCUT2D eigenvalue weighted by molar-refractivity contribution is 5.90. The number of rotatable bonds is 5. The minimum absolute atomic E-state index is 0.224. The lowest BCUT2D eigenvalue weighted by Gasteiger charge is -2.18. The Hall–Kier alpha value is -3.84. The van der Waals surface area contributed by atoms with Gasteiger partial charge in [-0.05, 0) is 42.2 Å². The molecule has 0 aliphatic heterocycles. The first-order valence-electron chi connectivity index (χ1n) is 10.1. The molecule has 4 rings (SSSR count). The molecule has 0 atom stereocenters. The summed E-state index contributed by atoms with van der Waals surface area (Å²) in [4.78, 5) is 7.86. The average molecular weight is 393 g/mol. The van der Waals surface area contributed by atoms with Crippen LogP contribution in [0.1, 0.15) is 47.7 Å². The van der Waals surface area contributed by atoms with Gasteiger partial charge in [-0.3, -0.25) is 4.98 Å². The van der Waals surface area contributed by atoms with Crippen molar-refractivity contribution in [3.63, 3.8) is 0 Å². The van der Waals surface area contributed by atoms with E-state index in [1.165, 1.54) is 0 Å². The Morgan fingerprint density at radius 2 is 1.87 bits per heavy atom. The number of benzene rings is 2. The van der Waals surface area contributed by atoms with E-state index >= 15 is 0 Å². The molecule has 2 aromatic heterocycles. The van der Waals surface area contributed by atoms with Gasteiger partial charge in [-0.25, -0.2) is 0 Å². The molecule has 2 heterocycles. The van der Waals surface area contributed by atoms with Gasteiger partial charge in [0.1, 0.15) is 6.07 Å². The summed E-state index contributed by atoms with van der Waals surface area (Å²) in [6.07, 6.45) is 7.74. The van der Waals surface area contributed by atoms with Gasteiger partial charge in [0.2, 0.25) is 0 Å². The zero-order valence-electron chi connectivity index (χ0n) is 17.4. The second kappa shape index (κ2) is 8.26. The molecule has 0 fully saturated rings. The van der Waals surface area contributed by atoms with E-state index in [9.17, 15) is 5.26 Å². The minimum atomic E-state index is 0.224. The number of nitrogens with one attached hydrogen (secondary N) is 2. The van der Waals surface area contributed by atoms with Gasteiger partial charge in [-0.1, -0.05) is 56.3 Å². The van der Waals surface area contributed by atoms with Gasteiger partial charge in [0.25, 0.3) is 0 Å². The van der Waals surface area contributed by atoms with Crippen LogP contribution in [0.3, 0.4) is 0 Å². The van der Waals surface area contributed by atoms with E-state index in [0.717, 1.165) is 44.7 Å². The standard InChI is InChI=1S/C26H24N4/c1-17(2)25-22(10-9-19-7-5-4-6-8-19)26(20(15-27)16-29-25)30-23-11-12-24-21(18(23)3)13-14-28-24/h4-14,16-17,28H,1-3H3,(H,29,30). The van der Waals surface area contributed by atoms with Crippen LogP contribution in [0.15, 0.2) is 60.9 Å². The fourth-order valence-corrected chi connectivity index (χ4v) is 3.69. The molecule has 0 aliphatic carbocycles. The quantitative estimate of drug-likeness (QED) is 0.393. The number of aromatic amines is 1. The summed E-state index contributed by atoms with van der Waals surface area (Å²) in [7, 11) is 0. The van der Waals surface area contributed by atoms with E-state index in [1.54, 1.807) is 6.20 Å². The van der Waals surface area contributed by atoms with Crippen LogP contribution in [0, 0.1) is 18.3 Å². The highest BCUT2D eigenvalue weighted by Gasteiger charge is 2.17. The Morgan fingerprint density at radius 3 is 2.60 bits per heavy atom. The number of fused-ring (bicyclic) bond motifs is 1. The molecule has 4 heteroatoms. The molecule has 0 unspecified atom stereocenters. The minimum Gasteiger partial charge on any atom is -0.361 e. The van der Waals surface area contributed by atoms with E-state index in [2.05, 4.69) is 84.6 Å². The summed E-state index contributed by atoms with van der Waals surface area (Å²) in [5.41, 5.74) is 7.55. The van der Waals surface area contributed by atoms with Gasteiger partial charge in [-0.15, -0.1) is 0 Å². The van der Waals surface area contributed by atoms with Crippen molar-refractivity contribution >= 4 is 34.4 Å². The number of hydrogen-bond acceptors (Lipinski definition) is 3. The number of anilines is 2. The van der Waals surface area contributed by atoms with Crippen LogP contribution in [-0.4, -0.2) is 9.97 Å². The molecule has 4 nitrogen and oxygen atoms in total. The van der Waals surface area contributed by atoms with E-state index in [-0.39, 0.29) is 5.92 Å². The average Bonchev–Trinajstić information content (AvgIpc) is 3.24. The third-order valence-corrected chi connectivity index (χ3v) is 5.32. The smallest absolute Gasteiger partial charge is 0.103 e. The van der Waals surface area contributed by atoms with Crippen LogP contribution in [0.5, 0.6) is 0 Å². The van der Waals surface area contributed by atoms with Crippen LogP contribution in [0.4, 0.5) is 11.4 Å². The van der Waals surface area contributed by atoms with Crippen molar-refractivity contribution in [1.82, 2.24) is 9.97 Å². The number of aromatic nitrogens is 2. The van der Waals surface area contributed by atoms with E-state index in [4.69, 9.17) is 0 Å². The predicted molar refractivity (Wildman–Crippen MR) is 125 cm³/mol. The van der Waals surface area contributed by atoms with Gasteiger partial charge in [0, 0.05) is 34.5 Å². The maximum atomic E-state index is 9.78. The molecule has 148 valence electrons. The van der Waals surface area contributed by atoms with Gasteiger partial charge in [-0.2, -0.15) is 5.26 Å². The highest BCUT2D eigenvalue weighted by Crippen LogP contribution is 2.34. The second-order valence-electron chi connectivity index (χ2n) is 7.66. The first-order valence-corrected chi connectivity index (χ1v) is 10.1. The Labute approximate surface area is 176 Å². The fourth-order valence-electron chi connectivity index (χ4n) is 3.69. The normalized spacial score (nSPS) is 11.3. The summed E-state index contributed by atoms with van der Waals surface area (Å²) >= 11 is 0. The van der Waals surface area contributed by atoms with E-state index < -0.39 is 0 Å². The number of pyridine rings is 1. The molecule has 2 N–H and O–H groups in total. The lowest BCUT2D eigenvalue weighted by molar-refractivity contribution is 0.820. The van der Waals surface area contributed by atoms with Crippen molar-refractivity contribution in [3.8, 4) is 6.07 Å². The lowest BCUT2D eigenvalue weighted by atomic mass is 9.98. The first-order chi connectivity index (χ1) is 14.6. The highest BCUT2D eigenvalue weighted by atomic mass is 14.9. The zero-order valence-corrected chi connectivity index (χ0v) is 17.4. The van der Waals surface area contributed by atoms with Gasteiger partial charge in [0.05, 0.1) is 16.9 Å². The summed E-state index contributed by atoms with van der Waals surface area (Å²) in [6, 6.07) is 18.6. The van der Waals surface area contributed by atoms with Crippen LogP contribution >= 0.6 is 0 Å². The Balaban J connectivity index is 1.86. The second-order valence-corrected chi connectivity index (χ2v) is 7.66. The van der Waals surface area contributed by atoms with E-state index in [0.29, 0.717) is 5.56 Å². The summed E-state index contributed by atoms with van der Waals surface area (Å²) in [5.74, 6) is 0.224. The van der Waals surface area contributed by atoms with Crippen molar-refractivity contribution in [2.45, 2.75) is 26.7 Å². The van der Waals surface area contributed by atoms with Gasteiger partial charge >= 0.3 is 0 Å². The molecular formula is C26H24N4. The topological polar surface area (TPSA) is 64.5 Å². The third kappa shape index (κ3) is 3.70. The molecular weight excluding hydrogens is 368 g/mol. The first kappa shape index (κ1) is 19.5. The summed E-state index contributed by atoms with van der Waals surface area (Å²) in [5, 5.41) is 14.5. The van der Waals surface area contributed by atoms with Gasteiger partial charge < -0.3 is 10.3 Å². The molecule has 30 heavy (non-hydrogen) atoms. The molecule has 0 radical (unpaired) electrons. The fraction of sp³-hybridized carbons (Fsp3) is 0.154. The predicted octanol–water partition coefficient (Wildman–Crippen LogP) is 6.78. The maximum absolute atomic E-state index is 9.78. The maximum Gasteiger partial charge on any atom is 0.103 e. The zero-order chi connectivity index (χ0) is 21.1. The Morgan fingerprint density at radius 1 is 1.07 bits per heavy atom. The third-order valence-electron chi connectivity index (χ3n) is 5.32. The molecule has 4 aromatic rings. The number of nitriles is 1. The molecule has 0 bridgehead atoms. The number of hydrogen-bond donors (Lipinski definition) is 2. The molecule has 0 amide bonds. The number of nitrogens with zero attached hydrogens (tertiary/aromatic N) is 2. The summed E-state index contributed by atoms with van der Waals surface area (Å²) < 4.78 is 0. The lowest BCUT2D eigenvalue weighted by Crippen LogP contribution is -2.05. The largest absolute Gasteiger partial charge is 0.361 e. The van der Waals surface area contributed by atoms with Crippen molar-refractivity contribution in [2.24, 2.45) is 0 Å². The number of aryl methyl sites for hydroxylation is 1. The molecule has 0 spiro atoms. The molecule has 0 aliphatic rings. The number of H-pyrrole nitrogens is 1. The summed E-state index contributed by atoms with van der Waals surface area (Å²) in [6.45, 7) is 6.33. The molecule has 0 saturated carbocycles. The van der Waals surface area contributed by atoms with Crippen molar-refractivity contribution in [2.75, 3.05) is 5.32 Å². The van der Waals surface area contributed by atoms with Gasteiger partial charge in [0.15, 0.2) is 0 Å². The SMILES string of the molecule is Cc1c(Nc2c(C#N)cnc(C(C)C)c2C=Cc2ccccc2)ccc2[nH]ccc12. The monoisotopic (exact) mass is 392 g/mol. The van der Waals surface area contributed by atoms with Crippen LogP contribution in [0.25, 0.3) is 23.1 Å². The van der Waals surface area contributed by atoms with E-state index in [1.807, 2.05) is 24.4 Å². The van der Waals surface area contributed by atoms with Crippen LogP contribution < -0.4 is 5.32 Å². The Kier molecular flexibility index (Phi) is 5.36. The van der Waals surface area contributed by atoms with Crippen molar-refractivity contribution in [3.05, 3.63) is 88.9 Å².